The lowest BCUT2D eigenvalue weighted by atomic mass is 10.00. The van der Waals surface area contributed by atoms with E-state index in [1.165, 1.54) is 0 Å². The molecule has 0 heterocycles. The van der Waals surface area contributed by atoms with Crippen LogP contribution in [0.3, 0.4) is 0 Å². The number of aliphatic carboxylic acids is 1. The molecule has 0 saturated carbocycles. The molecule has 0 aliphatic heterocycles. The van der Waals surface area contributed by atoms with E-state index in [2.05, 4.69) is 16.0 Å². The summed E-state index contributed by atoms with van der Waals surface area (Å²) in [6.45, 7) is 3.37. The monoisotopic (exact) mass is 539 g/mol. The van der Waals surface area contributed by atoms with E-state index < -0.39 is 59.7 Å². The van der Waals surface area contributed by atoms with E-state index >= 15 is 0 Å². The second-order valence-electron chi connectivity index (χ2n) is 9.68. The summed E-state index contributed by atoms with van der Waals surface area (Å²) in [4.78, 5) is 62.3. The third-order valence-electron chi connectivity index (χ3n) is 6.09. The van der Waals surface area contributed by atoms with Crippen LogP contribution in [-0.4, -0.2) is 58.9 Å². The van der Waals surface area contributed by atoms with Crippen LogP contribution in [0.15, 0.2) is 60.7 Å². The van der Waals surface area contributed by atoms with Crippen molar-refractivity contribution in [2.45, 2.75) is 63.7 Å². The molecule has 39 heavy (non-hydrogen) atoms. The predicted octanol–water partition coefficient (Wildman–Crippen LogP) is 0.260. The molecule has 4 unspecified atom stereocenters. The summed E-state index contributed by atoms with van der Waals surface area (Å²) in [6.07, 6.45) is -0.0186. The normalized spacial score (nSPS) is 13.9. The van der Waals surface area contributed by atoms with Gasteiger partial charge in [0.2, 0.25) is 23.6 Å². The number of carbonyl (C=O) groups excluding carboxylic acids is 4. The van der Waals surface area contributed by atoms with Gasteiger partial charge in [-0.25, -0.2) is 4.79 Å². The highest BCUT2D eigenvalue weighted by Gasteiger charge is 2.32. The molecule has 0 saturated heterocycles. The van der Waals surface area contributed by atoms with Crippen molar-refractivity contribution in [2.75, 3.05) is 0 Å². The highest BCUT2D eigenvalue weighted by atomic mass is 16.4. The van der Waals surface area contributed by atoms with Crippen LogP contribution in [0.5, 0.6) is 0 Å². The molecule has 11 nitrogen and oxygen atoms in total. The molecule has 0 bridgehead atoms. The van der Waals surface area contributed by atoms with Crippen molar-refractivity contribution in [2.24, 2.45) is 17.4 Å². The van der Waals surface area contributed by atoms with Gasteiger partial charge in [-0.15, -0.1) is 0 Å². The highest BCUT2D eigenvalue weighted by Crippen LogP contribution is 2.09. The number of carboxylic acid groups (broad SMARTS) is 1. The van der Waals surface area contributed by atoms with E-state index in [4.69, 9.17) is 11.5 Å². The number of rotatable bonds is 15. The summed E-state index contributed by atoms with van der Waals surface area (Å²) < 4.78 is 0. The van der Waals surface area contributed by atoms with Crippen LogP contribution in [0.2, 0.25) is 0 Å². The minimum atomic E-state index is -1.22. The molecule has 210 valence electrons. The quantitative estimate of drug-likeness (QED) is 0.187. The van der Waals surface area contributed by atoms with Gasteiger partial charge in [0.05, 0.1) is 6.04 Å². The van der Waals surface area contributed by atoms with Crippen LogP contribution >= 0.6 is 0 Å². The van der Waals surface area contributed by atoms with Crippen molar-refractivity contribution in [3.05, 3.63) is 71.8 Å². The third-order valence-corrected chi connectivity index (χ3v) is 6.09. The number of benzene rings is 2. The first-order valence-electron chi connectivity index (χ1n) is 12.7. The fourth-order valence-electron chi connectivity index (χ4n) is 3.90. The molecule has 4 amide bonds. The van der Waals surface area contributed by atoms with Crippen LogP contribution in [0, 0.1) is 5.92 Å². The third kappa shape index (κ3) is 10.6. The molecule has 0 aliphatic carbocycles. The average Bonchev–Trinajstić information content (AvgIpc) is 2.89. The van der Waals surface area contributed by atoms with E-state index in [1.807, 2.05) is 30.3 Å². The van der Waals surface area contributed by atoms with E-state index in [-0.39, 0.29) is 25.7 Å². The first-order chi connectivity index (χ1) is 18.5. The summed E-state index contributed by atoms with van der Waals surface area (Å²) in [7, 11) is 0. The molecule has 11 heteroatoms. The van der Waals surface area contributed by atoms with Gasteiger partial charge >= 0.3 is 5.97 Å². The summed E-state index contributed by atoms with van der Waals surface area (Å²) >= 11 is 0. The van der Waals surface area contributed by atoms with E-state index in [1.54, 1.807) is 44.2 Å². The largest absolute Gasteiger partial charge is 0.480 e. The molecule has 0 aliphatic rings. The smallest absolute Gasteiger partial charge is 0.326 e. The maximum Gasteiger partial charge on any atom is 0.326 e. The SMILES string of the molecule is CC(C)C(NC(=O)C(CCC(N)=O)NC(=O)C(N)Cc1ccccc1)C(=O)NC(Cc1ccccc1)C(=O)O. The Morgan fingerprint density at radius 2 is 1.26 bits per heavy atom. The van der Waals surface area contributed by atoms with Crippen LogP contribution < -0.4 is 27.4 Å². The number of carbonyl (C=O) groups is 5. The lowest BCUT2D eigenvalue weighted by Crippen LogP contribution is -2.58. The van der Waals surface area contributed by atoms with Crippen LogP contribution in [-0.2, 0) is 36.8 Å². The molecule has 2 rings (SSSR count). The van der Waals surface area contributed by atoms with Crippen molar-refractivity contribution in [1.82, 2.24) is 16.0 Å². The Kier molecular flexibility index (Phi) is 12.1. The number of hydrogen-bond donors (Lipinski definition) is 6. The summed E-state index contributed by atoms with van der Waals surface area (Å²) in [6, 6.07) is 13.4. The fourth-order valence-corrected chi connectivity index (χ4v) is 3.90. The van der Waals surface area contributed by atoms with E-state index in [0.717, 1.165) is 11.1 Å². The number of primary amides is 1. The van der Waals surface area contributed by atoms with Crippen LogP contribution in [0.1, 0.15) is 37.8 Å². The molecule has 2 aromatic carbocycles. The highest BCUT2D eigenvalue weighted by molar-refractivity contribution is 5.94. The number of nitrogens with one attached hydrogen (secondary N) is 3. The molecule has 2 aromatic rings. The Hall–Kier alpha value is -4.25. The molecule has 8 N–H and O–H groups in total. The Labute approximate surface area is 227 Å². The molecule has 0 fully saturated rings. The Balaban J connectivity index is 2.11. The molecular weight excluding hydrogens is 502 g/mol. The minimum Gasteiger partial charge on any atom is -0.480 e. The maximum absolute atomic E-state index is 13.2. The fraction of sp³-hybridized carbons (Fsp3) is 0.393. The summed E-state index contributed by atoms with van der Waals surface area (Å²) in [5.41, 5.74) is 12.8. The zero-order valence-corrected chi connectivity index (χ0v) is 22.1. The zero-order valence-electron chi connectivity index (χ0n) is 22.1. The Bertz CT molecular complexity index is 1130. The van der Waals surface area contributed by atoms with Gasteiger partial charge in [0, 0.05) is 12.8 Å². The number of hydrogen-bond acceptors (Lipinski definition) is 6. The number of carboxylic acids is 1. The summed E-state index contributed by atoms with van der Waals surface area (Å²) in [5, 5.41) is 17.3. The second-order valence-corrected chi connectivity index (χ2v) is 9.68. The van der Waals surface area contributed by atoms with Gasteiger partial charge < -0.3 is 32.5 Å². The molecule has 0 aromatic heterocycles. The van der Waals surface area contributed by atoms with Crippen molar-refractivity contribution in [3.8, 4) is 0 Å². The molecule has 4 atom stereocenters. The van der Waals surface area contributed by atoms with Gasteiger partial charge in [-0.05, 0) is 29.9 Å². The topological polar surface area (TPSA) is 194 Å². The molecule has 0 spiro atoms. The molecule has 0 radical (unpaired) electrons. The average molecular weight is 540 g/mol. The van der Waals surface area contributed by atoms with Crippen molar-refractivity contribution in [3.63, 3.8) is 0 Å². The van der Waals surface area contributed by atoms with Gasteiger partial charge in [0.15, 0.2) is 0 Å². The van der Waals surface area contributed by atoms with Gasteiger partial charge in [-0.3, -0.25) is 19.2 Å². The van der Waals surface area contributed by atoms with E-state index in [0.29, 0.717) is 0 Å². The van der Waals surface area contributed by atoms with Gasteiger partial charge in [-0.2, -0.15) is 0 Å². The Morgan fingerprint density at radius 1 is 0.744 bits per heavy atom. The van der Waals surface area contributed by atoms with E-state index in [9.17, 15) is 29.1 Å². The lowest BCUT2D eigenvalue weighted by molar-refractivity contribution is -0.142. The predicted molar refractivity (Wildman–Crippen MR) is 145 cm³/mol. The first kappa shape index (κ1) is 31.0. The van der Waals surface area contributed by atoms with Crippen molar-refractivity contribution < 1.29 is 29.1 Å². The maximum atomic E-state index is 13.2. The number of amides is 4. The van der Waals surface area contributed by atoms with Crippen molar-refractivity contribution >= 4 is 29.6 Å². The van der Waals surface area contributed by atoms with Crippen LogP contribution in [0.4, 0.5) is 0 Å². The molecular formula is C28H37N5O6. The summed E-state index contributed by atoms with van der Waals surface area (Å²) in [5.74, 6) is -4.34. The standard InChI is InChI=1S/C28H37N5O6/c1-17(2)24(27(37)32-22(28(38)39)16-19-11-7-4-8-12-19)33-26(36)21(13-14-23(30)34)31-25(35)20(29)15-18-9-5-3-6-10-18/h3-12,17,20-22,24H,13-16,29H2,1-2H3,(H2,30,34)(H,31,35)(H,32,37)(H,33,36)(H,38,39). The van der Waals surface area contributed by atoms with Crippen molar-refractivity contribution in [1.29, 1.82) is 0 Å². The van der Waals surface area contributed by atoms with Crippen LogP contribution in [0.25, 0.3) is 0 Å². The van der Waals surface area contributed by atoms with Gasteiger partial charge in [-0.1, -0.05) is 74.5 Å². The second kappa shape index (κ2) is 15.2. The lowest BCUT2D eigenvalue weighted by Gasteiger charge is -2.27. The number of nitrogens with two attached hydrogens (primary N) is 2. The van der Waals surface area contributed by atoms with Gasteiger partial charge in [0.25, 0.3) is 0 Å². The minimum absolute atomic E-state index is 0.0528. The zero-order chi connectivity index (χ0) is 28.9. The Morgan fingerprint density at radius 3 is 1.74 bits per heavy atom. The van der Waals surface area contributed by atoms with Gasteiger partial charge in [0.1, 0.15) is 18.1 Å². The first-order valence-corrected chi connectivity index (χ1v) is 12.7.